The van der Waals surface area contributed by atoms with Crippen molar-refractivity contribution in [2.24, 2.45) is 0 Å². The molecule has 0 radical (unpaired) electrons. The summed E-state index contributed by atoms with van der Waals surface area (Å²) in [6.45, 7) is 0. The number of carbonyl (C=O) groups excluding carboxylic acids is 2. The van der Waals surface area contributed by atoms with Crippen molar-refractivity contribution in [2.75, 3.05) is 19.0 Å². The van der Waals surface area contributed by atoms with Crippen molar-refractivity contribution in [1.29, 1.82) is 0 Å². The predicted octanol–water partition coefficient (Wildman–Crippen LogP) is 3.01. The lowest BCUT2D eigenvalue weighted by Gasteiger charge is -2.32. The Morgan fingerprint density at radius 2 is 1.79 bits per heavy atom. The number of nitrogens with one attached hydrogen (secondary N) is 1. The maximum atomic E-state index is 13.4. The van der Waals surface area contributed by atoms with Gasteiger partial charge in [0.1, 0.15) is 6.04 Å². The number of rotatable bonds is 7. The van der Waals surface area contributed by atoms with Gasteiger partial charge in [0.25, 0.3) is 5.91 Å². The van der Waals surface area contributed by atoms with E-state index in [0.717, 1.165) is 61.3 Å². The minimum absolute atomic E-state index is 0.0667. The molecule has 0 aliphatic heterocycles. The molecule has 2 saturated carbocycles. The Kier molecular flexibility index (Phi) is 5.80. The van der Waals surface area contributed by atoms with E-state index in [1.165, 1.54) is 0 Å². The molecule has 1 N–H and O–H groups in total. The van der Waals surface area contributed by atoms with Gasteiger partial charge < -0.3 is 15.1 Å². The van der Waals surface area contributed by atoms with Crippen LogP contribution in [-0.2, 0) is 4.79 Å². The van der Waals surface area contributed by atoms with Crippen LogP contribution in [0.4, 0.5) is 5.69 Å². The Balaban J connectivity index is 1.67. The molecule has 8 heteroatoms. The highest BCUT2D eigenvalue weighted by atomic mass is 32.1. The zero-order valence-corrected chi connectivity index (χ0v) is 17.7. The number of benzene rings is 1. The van der Waals surface area contributed by atoms with E-state index in [9.17, 15) is 9.59 Å². The third-order valence-corrected chi connectivity index (χ3v) is 6.21. The fraction of sp³-hybridized carbons (Fsp3) is 0.524. The summed E-state index contributed by atoms with van der Waals surface area (Å²) in [5.74, 6) is -0.317. The fourth-order valence-corrected chi connectivity index (χ4v) is 4.41. The first-order valence-corrected chi connectivity index (χ1v) is 11.1. The summed E-state index contributed by atoms with van der Waals surface area (Å²) in [5, 5.41) is 8.82. The van der Waals surface area contributed by atoms with Gasteiger partial charge in [0.05, 0.1) is 0 Å². The first-order chi connectivity index (χ1) is 14.0. The molecule has 0 bridgehead atoms. The van der Waals surface area contributed by atoms with Gasteiger partial charge in [-0.1, -0.05) is 29.5 Å². The van der Waals surface area contributed by atoms with Crippen molar-refractivity contribution < 1.29 is 9.59 Å². The maximum absolute atomic E-state index is 13.4. The zero-order chi connectivity index (χ0) is 20.4. The van der Waals surface area contributed by atoms with Crippen LogP contribution in [-0.4, -0.2) is 52.5 Å². The van der Waals surface area contributed by atoms with Crippen molar-refractivity contribution >= 4 is 29.0 Å². The van der Waals surface area contributed by atoms with E-state index in [4.69, 9.17) is 0 Å². The zero-order valence-electron chi connectivity index (χ0n) is 16.9. The molecule has 1 heterocycles. The Labute approximate surface area is 175 Å². The number of nitrogens with zero attached hydrogens (tertiary/aromatic N) is 4. The highest BCUT2D eigenvalue weighted by Gasteiger charge is 2.42. The van der Waals surface area contributed by atoms with Crippen molar-refractivity contribution in [3.63, 3.8) is 0 Å². The van der Waals surface area contributed by atoms with Crippen molar-refractivity contribution in [2.45, 2.75) is 56.7 Å². The summed E-state index contributed by atoms with van der Waals surface area (Å²) in [6.07, 6.45) is 6.11. The average molecular weight is 414 g/mol. The second-order valence-corrected chi connectivity index (χ2v) is 8.72. The second-order valence-electron chi connectivity index (χ2n) is 8.11. The summed E-state index contributed by atoms with van der Waals surface area (Å²) in [5.41, 5.74) is 2.19. The lowest BCUT2D eigenvalue weighted by molar-refractivity contribution is -0.126. The van der Waals surface area contributed by atoms with E-state index in [2.05, 4.69) is 14.9 Å². The average Bonchev–Trinajstić information content (AvgIpc) is 3.17. The molecular weight excluding hydrogens is 386 g/mol. The van der Waals surface area contributed by atoms with Gasteiger partial charge in [-0.05, 0) is 54.9 Å². The van der Waals surface area contributed by atoms with Gasteiger partial charge in [-0.2, -0.15) is 0 Å². The highest BCUT2D eigenvalue weighted by Crippen LogP contribution is 2.37. The Hall–Kier alpha value is -2.48. The van der Waals surface area contributed by atoms with E-state index in [-0.39, 0.29) is 23.9 Å². The molecule has 154 valence electrons. The van der Waals surface area contributed by atoms with E-state index in [1.54, 1.807) is 10.3 Å². The highest BCUT2D eigenvalue weighted by molar-refractivity contribution is 7.03. The summed E-state index contributed by atoms with van der Waals surface area (Å²) in [4.78, 5) is 30.4. The lowest BCUT2D eigenvalue weighted by Crippen LogP contribution is -2.47. The number of amides is 2. The number of carbonyl (C=O) groups is 2. The molecule has 29 heavy (non-hydrogen) atoms. The molecule has 4 rings (SSSR count). The molecule has 1 aromatic carbocycles. The molecule has 1 unspecified atom stereocenters. The van der Waals surface area contributed by atoms with Gasteiger partial charge in [0.2, 0.25) is 5.91 Å². The topological polar surface area (TPSA) is 78.4 Å². The largest absolute Gasteiger partial charge is 0.378 e. The van der Waals surface area contributed by atoms with Crippen LogP contribution in [0.1, 0.15) is 60.6 Å². The third kappa shape index (κ3) is 4.42. The van der Waals surface area contributed by atoms with Gasteiger partial charge in [0.15, 0.2) is 5.69 Å². The van der Waals surface area contributed by atoms with Gasteiger partial charge in [0, 0.05) is 37.2 Å². The second kappa shape index (κ2) is 8.49. The van der Waals surface area contributed by atoms with Gasteiger partial charge in [-0.25, -0.2) is 0 Å². The van der Waals surface area contributed by atoms with Crippen LogP contribution in [0.5, 0.6) is 0 Å². The molecule has 1 atom stereocenters. The van der Waals surface area contributed by atoms with Gasteiger partial charge in [-0.15, -0.1) is 5.10 Å². The molecule has 2 aromatic rings. The Morgan fingerprint density at radius 3 is 2.34 bits per heavy atom. The van der Waals surface area contributed by atoms with Gasteiger partial charge >= 0.3 is 0 Å². The summed E-state index contributed by atoms with van der Waals surface area (Å²) < 4.78 is 3.83. The van der Waals surface area contributed by atoms with Gasteiger partial charge in [-0.3, -0.25) is 9.59 Å². The smallest absolute Gasteiger partial charge is 0.276 e. The molecule has 7 nitrogen and oxygen atoms in total. The maximum Gasteiger partial charge on any atom is 0.276 e. The van der Waals surface area contributed by atoms with Crippen LogP contribution in [0.15, 0.2) is 29.6 Å². The molecule has 1 aromatic heterocycles. The molecule has 0 spiro atoms. The van der Waals surface area contributed by atoms with Crippen molar-refractivity contribution in [3.05, 3.63) is 40.9 Å². The van der Waals surface area contributed by atoms with Crippen LogP contribution < -0.4 is 10.2 Å². The van der Waals surface area contributed by atoms with Crippen molar-refractivity contribution in [3.8, 4) is 0 Å². The SMILES string of the molecule is CN(C)c1ccc(C(C(=O)NC2CCCC2)N(C(=O)c2csnn2)C2CC2)cc1. The first-order valence-electron chi connectivity index (χ1n) is 10.2. The first kappa shape index (κ1) is 19.8. The number of aromatic nitrogens is 2. The van der Waals surface area contributed by atoms with E-state index in [0.29, 0.717) is 5.69 Å². The summed E-state index contributed by atoms with van der Waals surface area (Å²) in [6, 6.07) is 7.50. The third-order valence-electron chi connectivity index (χ3n) is 5.71. The Morgan fingerprint density at radius 1 is 1.10 bits per heavy atom. The fourth-order valence-electron chi connectivity index (χ4n) is 3.98. The number of anilines is 1. The molecule has 2 fully saturated rings. The molecular formula is C21H27N5O2S. The minimum Gasteiger partial charge on any atom is -0.378 e. The Bertz CT molecular complexity index is 842. The standard InChI is InChI=1S/C21H27N5O2S/c1-25(2)16-9-7-14(8-10-16)19(20(27)22-15-5-3-4-6-15)26(17-11-12-17)21(28)18-13-29-24-23-18/h7-10,13,15,17,19H,3-6,11-12H2,1-2H3,(H,22,27). The van der Waals surface area contributed by atoms with E-state index in [1.807, 2.05) is 43.3 Å². The van der Waals surface area contributed by atoms with Crippen LogP contribution in [0.3, 0.4) is 0 Å². The lowest BCUT2D eigenvalue weighted by atomic mass is 10.0. The monoisotopic (exact) mass is 413 g/mol. The van der Waals surface area contributed by atoms with E-state index >= 15 is 0 Å². The van der Waals surface area contributed by atoms with Crippen molar-refractivity contribution in [1.82, 2.24) is 19.8 Å². The number of hydrogen-bond donors (Lipinski definition) is 1. The molecule has 2 amide bonds. The quantitative estimate of drug-likeness (QED) is 0.755. The normalized spacial score (nSPS) is 17.7. The predicted molar refractivity (Wildman–Crippen MR) is 113 cm³/mol. The molecule has 2 aliphatic rings. The van der Waals surface area contributed by atoms with Crippen LogP contribution >= 0.6 is 11.5 Å². The summed E-state index contributed by atoms with van der Waals surface area (Å²) >= 11 is 1.15. The van der Waals surface area contributed by atoms with Crippen LogP contribution in [0.2, 0.25) is 0 Å². The summed E-state index contributed by atoms with van der Waals surface area (Å²) in [7, 11) is 3.96. The minimum atomic E-state index is -0.659. The molecule has 0 saturated heterocycles. The molecule has 2 aliphatic carbocycles. The van der Waals surface area contributed by atoms with Crippen LogP contribution in [0.25, 0.3) is 0 Å². The van der Waals surface area contributed by atoms with Crippen LogP contribution in [0, 0.1) is 0 Å². The number of hydrogen-bond acceptors (Lipinski definition) is 6. The van der Waals surface area contributed by atoms with E-state index < -0.39 is 6.04 Å².